The summed E-state index contributed by atoms with van der Waals surface area (Å²) in [6, 6.07) is 15.3. The first kappa shape index (κ1) is 18.3. The van der Waals surface area contributed by atoms with Gasteiger partial charge in [-0.2, -0.15) is 0 Å². The van der Waals surface area contributed by atoms with Crippen molar-refractivity contribution in [1.82, 2.24) is 5.32 Å². The molecule has 2 aromatic rings. The molecule has 1 atom stereocenters. The summed E-state index contributed by atoms with van der Waals surface area (Å²) >= 11 is 0. The van der Waals surface area contributed by atoms with Crippen molar-refractivity contribution in [3.8, 4) is 11.5 Å². The van der Waals surface area contributed by atoms with Gasteiger partial charge in [-0.25, -0.2) is 0 Å². The van der Waals surface area contributed by atoms with Crippen LogP contribution >= 0.6 is 12.4 Å². The van der Waals surface area contributed by atoms with Crippen molar-refractivity contribution in [2.24, 2.45) is 0 Å². The normalized spacial score (nSPS) is 11.4. The number of aliphatic hydroxyl groups is 1. The lowest BCUT2D eigenvalue weighted by molar-refractivity contribution is 0.174. The van der Waals surface area contributed by atoms with E-state index in [0.717, 1.165) is 22.6 Å². The highest BCUT2D eigenvalue weighted by atomic mass is 35.5. The van der Waals surface area contributed by atoms with Crippen molar-refractivity contribution >= 4 is 12.4 Å². The highest BCUT2D eigenvalue weighted by Gasteiger charge is 2.08. The smallest absolute Gasteiger partial charge is 0.123 e. The van der Waals surface area contributed by atoms with E-state index in [4.69, 9.17) is 9.47 Å². The maximum absolute atomic E-state index is 10.1. The standard InChI is InChI=1S/C17H21NO3.ClH/c1-20-15-8-9-17(21-2)14(10-15)11-18-12-16(19)13-6-4-3-5-7-13;/h3-10,16,18-19H,11-12H2,1-2H3;1H. The van der Waals surface area contributed by atoms with Crippen LogP contribution < -0.4 is 14.8 Å². The lowest BCUT2D eigenvalue weighted by Crippen LogP contribution is -2.21. The summed E-state index contributed by atoms with van der Waals surface area (Å²) < 4.78 is 10.5. The Morgan fingerprint density at radius 1 is 1.05 bits per heavy atom. The number of ether oxygens (including phenoxy) is 2. The molecule has 0 aliphatic heterocycles. The summed E-state index contributed by atoms with van der Waals surface area (Å²) in [4.78, 5) is 0. The number of rotatable bonds is 7. The van der Waals surface area contributed by atoms with Crippen molar-refractivity contribution in [2.75, 3.05) is 20.8 Å². The Bertz CT molecular complexity index is 563. The van der Waals surface area contributed by atoms with Crippen LogP contribution in [0.3, 0.4) is 0 Å². The van der Waals surface area contributed by atoms with E-state index in [1.165, 1.54) is 0 Å². The number of benzene rings is 2. The van der Waals surface area contributed by atoms with Crippen LogP contribution in [0.15, 0.2) is 48.5 Å². The second-order valence-corrected chi connectivity index (χ2v) is 4.74. The molecule has 120 valence electrons. The Hall–Kier alpha value is -1.75. The molecule has 2 aromatic carbocycles. The van der Waals surface area contributed by atoms with E-state index >= 15 is 0 Å². The number of halogens is 1. The van der Waals surface area contributed by atoms with Crippen molar-refractivity contribution in [3.63, 3.8) is 0 Å². The van der Waals surface area contributed by atoms with Gasteiger partial charge in [-0.3, -0.25) is 0 Å². The van der Waals surface area contributed by atoms with Crippen molar-refractivity contribution in [1.29, 1.82) is 0 Å². The van der Waals surface area contributed by atoms with Gasteiger partial charge in [0.05, 0.1) is 20.3 Å². The summed E-state index contributed by atoms with van der Waals surface area (Å²) in [5, 5.41) is 13.3. The maximum Gasteiger partial charge on any atom is 0.123 e. The quantitative estimate of drug-likeness (QED) is 0.822. The van der Waals surface area contributed by atoms with Crippen LogP contribution in [0, 0.1) is 0 Å². The third-order valence-electron chi connectivity index (χ3n) is 3.33. The summed E-state index contributed by atoms with van der Waals surface area (Å²) in [6.45, 7) is 1.08. The van der Waals surface area contributed by atoms with Gasteiger partial charge in [0.2, 0.25) is 0 Å². The molecule has 0 saturated heterocycles. The molecule has 0 bridgehead atoms. The zero-order chi connectivity index (χ0) is 15.1. The Morgan fingerprint density at radius 3 is 2.41 bits per heavy atom. The van der Waals surface area contributed by atoms with E-state index in [-0.39, 0.29) is 12.4 Å². The molecule has 0 amide bonds. The van der Waals surface area contributed by atoms with Crippen molar-refractivity contribution in [2.45, 2.75) is 12.6 Å². The number of methoxy groups -OCH3 is 2. The van der Waals surface area contributed by atoms with Gasteiger partial charge in [-0.15, -0.1) is 12.4 Å². The molecule has 5 heteroatoms. The zero-order valence-corrected chi connectivity index (χ0v) is 13.6. The Labute approximate surface area is 137 Å². The van der Waals surface area contributed by atoms with E-state index in [1.807, 2.05) is 48.5 Å². The Kier molecular flexibility index (Phi) is 7.74. The first-order valence-corrected chi connectivity index (χ1v) is 6.89. The molecular formula is C17H22ClNO3. The van der Waals surface area contributed by atoms with E-state index in [1.54, 1.807) is 14.2 Å². The van der Waals surface area contributed by atoms with Gasteiger partial charge >= 0.3 is 0 Å². The van der Waals surface area contributed by atoms with Crippen LogP contribution in [0.1, 0.15) is 17.2 Å². The summed E-state index contributed by atoms with van der Waals surface area (Å²) in [7, 11) is 3.28. The fourth-order valence-electron chi connectivity index (χ4n) is 2.16. The molecule has 2 N–H and O–H groups in total. The largest absolute Gasteiger partial charge is 0.497 e. The van der Waals surface area contributed by atoms with Crippen molar-refractivity contribution < 1.29 is 14.6 Å². The van der Waals surface area contributed by atoms with Gasteiger partial charge in [-0.1, -0.05) is 30.3 Å². The highest BCUT2D eigenvalue weighted by molar-refractivity contribution is 5.85. The van der Waals surface area contributed by atoms with Crippen LogP contribution in [0.25, 0.3) is 0 Å². The van der Waals surface area contributed by atoms with Crippen LogP contribution in [-0.4, -0.2) is 25.9 Å². The highest BCUT2D eigenvalue weighted by Crippen LogP contribution is 2.23. The van der Waals surface area contributed by atoms with Crippen LogP contribution in [0.2, 0.25) is 0 Å². The summed E-state index contributed by atoms with van der Waals surface area (Å²) in [6.07, 6.45) is -0.525. The molecule has 0 heterocycles. The molecule has 0 radical (unpaired) electrons. The third-order valence-corrected chi connectivity index (χ3v) is 3.33. The summed E-state index contributed by atoms with van der Waals surface area (Å²) in [5.41, 5.74) is 1.90. The Morgan fingerprint density at radius 2 is 1.77 bits per heavy atom. The van der Waals surface area contributed by atoms with Gasteiger partial charge in [-0.05, 0) is 23.8 Å². The molecule has 0 aromatic heterocycles. The molecule has 4 nitrogen and oxygen atoms in total. The minimum absolute atomic E-state index is 0. The fraction of sp³-hybridized carbons (Fsp3) is 0.294. The fourth-order valence-corrected chi connectivity index (χ4v) is 2.16. The molecule has 0 aliphatic carbocycles. The van der Waals surface area contributed by atoms with Crippen LogP contribution in [0.5, 0.6) is 11.5 Å². The first-order valence-electron chi connectivity index (χ1n) is 6.89. The predicted octanol–water partition coefficient (Wildman–Crippen LogP) is 2.95. The van der Waals surface area contributed by atoms with Gasteiger partial charge in [0.25, 0.3) is 0 Å². The maximum atomic E-state index is 10.1. The van der Waals surface area contributed by atoms with E-state index in [2.05, 4.69) is 5.32 Å². The molecule has 0 spiro atoms. The minimum Gasteiger partial charge on any atom is -0.497 e. The molecule has 0 aliphatic rings. The van der Waals surface area contributed by atoms with Crippen LogP contribution in [0.4, 0.5) is 0 Å². The van der Waals surface area contributed by atoms with Crippen molar-refractivity contribution in [3.05, 3.63) is 59.7 Å². The second kappa shape index (κ2) is 9.30. The topological polar surface area (TPSA) is 50.7 Å². The number of hydrogen-bond acceptors (Lipinski definition) is 4. The molecular weight excluding hydrogens is 302 g/mol. The van der Waals surface area contributed by atoms with Gasteiger partial charge < -0.3 is 19.9 Å². The third kappa shape index (κ3) is 4.91. The first-order chi connectivity index (χ1) is 10.2. The van der Waals surface area contributed by atoms with E-state index in [0.29, 0.717) is 13.1 Å². The lowest BCUT2D eigenvalue weighted by atomic mass is 10.1. The minimum atomic E-state index is -0.525. The van der Waals surface area contributed by atoms with Gasteiger partial charge in [0, 0.05) is 18.7 Å². The van der Waals surface area contributed by atoms with Crippen LogP contribution in [-0.2, 0) is 6.54 Å². The molecule has 0 saturated carbocycles. The van der Waals surface area contributed by atoms with E-state index < -0.39 is 6.10 Å². The predicted molar refractivity (Wildman–Crippen MR) is 89.9 cm³/mol. The second-order valence-electron chi connectivity index (χ2n) is 4.74. The van der Waals surface area contributed by atoms with Gasteiger partial charge in [0.1, 0.15) is 11.5 Å². The molecule has 22 heavy (non-hydrogen) atoms. The number of nitrogens with one attached hydrogen (secondary N) is 1. The molecule has 2 rings (SSSR count). The monoisotopic (exact) mass is 323 g/mol. The average Bonchev–Trinajstić information content (AvgIpc) is 2.55. The summed E-state index contributed by atoms with van der Waals surface area (Å²) in [5.74, 6) is 1.59. The number of hydrogen-bond donors (Lipinski definition) is 2. The lowest BCUT2D eigenvalue weighted by Gasteiger charge is -2.14. The zero-order valence-electron chi connectivity index (χ0n) is 12.8. The number of aliphatic hydroxyl groups excluding tert-OH is 1. The van der Waals surface area contributed by atoms with E-state index in [9.17, 15) is 5.11 Å². The Balaban J connectivity index is 0.00000242. The average molecular weight is 324 g/mol. The molecule has 1 unspecified atom stereocenters. The SMILES string of the molecule is COc1ccc(OC)c(CNCC(O)c2ccccc2)c1.Cl. The van der Waals surface area contributed by atoms with Gasteiger partial charge in [0.15, 0.2) is 0 Å². The molecule has 0 fully saturated rings.